The number of hydrogen-bond acceptors (Lipinski definition) is 4. The summed E-state index contributed by atoms with van der Waals surface area (Å²) in [5.74, 6) is -0.662. The quantitative estimate of drug-likeness (QED) is 0.661. The maximum atomic E-state index is 13.3. The first-order chi connectivity index (χ1) is 8.60. The Labute approximate surface area is 102 Å². The number of nitrogens with one attached hydrogen (secondary N) is 1. The Morgan fingerprint density at radius 3 is 2.94 bits per heavy atom. The molecule has 1 N–H and O–H groups in total. The van der Waals surface area contributed by atoms with Crippen molar-refractivity contribution in [2.45, 2.75) is 6.54 Å². The van der Waals surface area contributed by atoms with Gasteiger partial charge in [0.1, 0.15) is 5.82 Å². The lowest BCUT2D eigenvalue weighted by molar-refractivity contribution is -0.385. The summed E-state index contributed by atoms with van der Waals surface area (Å²) >= 11 is 0. The lowest BCUT2D eigenvalue weighted by atomic mass is 10.3. The molecule has 0 bridgehead atoms. The zero-order valence-corrected chi connectivity index (χ0v) is 9.63. The molecule has 0 saturated heterocycles. The van der Waals surface area contributed by atoms with Crippen molar-refractivity contribution >= 4 is 5.69 Å². The monoisotopic (exact) mass is 250 g/mol. The van der Waals surface area contributed by atoms with E-state index in [1.165, 1.54) is 16.8 Å². The second-order valence-corrected chi connectivity index (χ2v) is 3.71. The largest absolute Gasteiger partial charge is 0.314 e. The van der Waals surface area contributed by atoms with E-state index in [9.17, 15) is 14.5 Å². The molecule has 0 unspecified atom stereocenters. The Hall–Kier alpha value is -2.28. The third kappa shape index (κ3) is 2.51. The molecule has 0 aliphatic heterocycles. The highest BCUT2D eigenvalue weighted by Crippen LogP contribution is 2.19. The molecule has 0 saturated carbocycles. The van der Waals surface area contributed by atoms with E-state index in [4.69, 9.17) is 0 Å². The van der Waals surface area contributed by atoms with Gasteiger partial charge in [0.25, 0.3) is 5.69 Å². The van der Waals surface area contributed by atoms with Crippen molar-refractivity contribution in [2.24, 2.45) is 0 Å². The third-order valence-corrected chi connectivity index (χ3v) is 2.34. The van der Waals surface area contributed by atoms with E-state index in [0.717, 1.165) is 11.8 Å². The average molecular weight is 250 g/mol. The van der Waals surface area contributed by atoms with E-state index >= 15 is 0 Å². The van der Waals surface area contributed by atoms with Crippen LogP contribution in [-0.2, 0) is 6.54 Å². The molecule has 1 aromatic heterocycles. The van der Waals surface area contributed by atoms with E-state index in [2.05, 4.69) is 10.4 Å². The molecule has 6 nitrogen and oxygen atoms in total. The standard InChI is InChI=1S/C11H11FN4O2/c1-13-7-9-2-3-15(14-9)10-4-8(12)5-11(6-10)16(17)18/h2-6,13H,7H2,1H3. The number of non-ortho nitro benzene ring substituents is 1. The zero-order chi connectivity index (χ0) is 13.1. The molecule has 0 aliphatic carbocycles. The van der Waals surface area contributed by atoms with Crippen LogP contribution in [0.15, 0.2) is 30.5 Å². The van der Waals surface area contributed by atoms with Crippen LogP contribution in [0.4, 0.5) is 10.1 Å². The molecule has 0 radical (unpaired) electrons. The van der Waals surface area contributed by atoms with Crippen LogP contribution in [0.1, 0.15) is 5.69 Å². The number of halogens is 1. The molecule has 0 atom stereocenters. The van der Waals surface area contributed by atoms with Crippen molar-refractivity contribution in [3.8, 4) is 5.69 Å². The Morgan fingerprint density at radius 2 is 2.28 bits per heavy atom. The second kappa shape index (κ2) is 4.92. The van der Waals surface area contributed by atoms with Crippen LogP contribution in [0.5, 0.6) is 0 Å². The normalized spacial score (nSPS) is 10.6. The van der Waals surface area contributed by atoms with Gasteiger partial charge < -0.3 is 5.32 Å². The van der Waals surface area contributed by atoms with Crippen molar-refractivity contribution in [2.75, 3.05) is 7.05 Å². The van der Waals surface area contributed by atoms with Gasteiger partial charge in [-0.2, -0.15) is 5.10 Å². The maximum Gasteiger partial charge on any atom is 0.274 e. The number of nitrogens with zero attached hydrogens (tertiary/aromatic N) is 3. The highest BCUT2D eigenvalue weighted by atomic mass is 19.1. The summed E-state index contributed by atoms with van der Waals surface area (Å²) in [7, 11) is 1.78. The summed E-state index contributed by atoms with van der Waals surface area (Å²) in [5.41, 5.74) is 0.795. The topological polar surface area (TPSA) is 73.0 Å². The molecular formula is C11H11FN4O2. The van der Waals surface area contributed by atoms with E-state index < -0.39 is 10.7 Å². The first-order valence-corrected chi connectivity index (χ1v) is 5.24. The van der Waals surface area contributed by atoms with E-state index in [-0.39, 0.29) is 5.69 Å². The summed E-state index contributed by atoms with van der Waals surface area (Å²) < 4.78 is 14.7. The fraction of sp³-hybridized carbons (Fsp3) is 0.182. The number of hydrogen-bond donors (Lipinski definition) is 1. The fourth-order valence-corrected chi connectivity index (χ4v) is 1.58. The Morgan fingerprint density at radius 1 is 1.50 bits per heavy atom. The number of rotatable bonds is 4. The first-order valence-electron chi connectivity index (χ1n) is 5.24. The summed E-state index contributed by atoms with van der Waals surface area (Å²) in [4.78, 5) is 10.0. The van der Waals surface area contributed by atoms with Gasteiger partial charge in [-0.1, -0.05) is 0 Å². The average Bonchev–Trinajstić information content (AvgIpc) is 2.77. The summed E-state index contributed by atoms with van der Waals surface area (Å²) in [5, 5.41) is 17.8. The molecule has 0 aliphatic rings. The first kappa shape index (κ1) is 12.2. The van der Waals surface area contributed by atoms with Gasteiger partial charge in [-0.05, 0) is 13.1 Å². The summed E-state index contributed by atoms with van der Waals surface area (Å²) in [6, 6.07) is 5.11. The maximum absolute atomic E-state index is 13.3. The van der Waals surface area contributed by atoms with Crippen LogP contribution in [0, 0.1) is 15.9 Å². The molecule has 7 heteroatoms. The van der Waals surface area contributed by atoms with Gasteiger partial charge >= 0.3 is 0 Å². The minimum absolute atomic E-state index is 0.296. The molecule has 2 aromatic rings. The van der Waals surface area contributed by atoms with Gasteiger partial charge in [0.05, 0.1) is 22.4 Å². The van der Waals surface area contributed by atoms with Crippen molar-refractivity contribution in [1.29, 1.82) is 0 Å². The summed E-state index contributed by atoms with van der Waals surface area (Å²) in [6.45, 7) is 0.574. The Balaban J connectivity index is 2.39. The highest BCUT2D eigenvalue weighted by Gasteiger charge is 2.11. The molecule has 94 valence electrons. The lowest BCUT2D eigenvalue weighted by Gasteiger charge is -2.02. The minimum Gasteiger partial charge on any atom is -0.314 e. The smallest absolute Gasteiger partial charge is 0.274 e. The minimum atomic E-state index is -0.662. The second-order valence-electron chi connectivity index (χ2n) is 3.71. The van der Waals surface area contributed by atoms with Crippen molar-refractivity contribution < 1.29 is 9.31 Å². The van der Waals surface area contributed by atoms with Crippen LogP contribution >= 0.6 is 0 Å². The molecule has 0 amide bonds. The molecule has 2 rings (SSSR count). The van der Waals surface area contributed by atoms with Crippen molar-refractivity contribution in [3.05, 3.63) is 52.1 Å². The van der Waals surface area contributed by atoms with Gasteiger partial charge in [0.15, 0.2) is 0 Å². The van der Waals surface area contributed by atoms with Crippen molar-refractivity contribution in [3.63, 3.8) is 0 Å². The van der Waals surface area contributed by atoms with Crippen LogP contribution in [-0.4, -0.2) is 21.8 Å². The van der Waals surface area contributed by atoms with E-state index in [1.54, 1.807) is 19.3 Å². The molecule has 1 heterocycles. The predicted octanol–water partition coefficient (Wildman–Crippen LogP) is 1.64. The van der Waals surface area contributed by atoms with Crippen LogP contribution in [0.3, 0.4) is 0 Å². The molecule has 18 heavy (non-hydrogen) atoms. The van der Waals surface area contributed by atoms with Gasteiger partial charge in [-0.25, -0.2) is 9.07 Å². The van der Waals surface area contributed by atoms with Crippen LogP contribution in [0.25, 0.3) is 5.69 Å². The number of nitro benzene ring substituents is 1. The Bertz CT molecular complexity index is 582. The highest BCUT2D eigenvalue weighted by molar-refractivity contribution is 5.43. The van der Waals surface area contributed by atoms with Crippen LogP contribution in [0.2, 0.25) is 0 Å². The number of nitro groups is 1. The van der Waals surface area contributed by atoms with E-state index in [0.29, 0.717) is 12.2 Å². The third-order valence-electron chi connectivity index (χ3n) is 2.34. The summed E-state index contributed by atoms with van der Waals surface area (Å²) in [6.07, 6.45) is 1.63. The van der Waals surface area contributed by atoms with E-state index in [1.807, 2.05) is 0 Å². The van der Waals surface area contributed by atoms with Crippen molar-refractivity contribution in [1.82, 2.24) is 15.1 Å². The molecule has 1 aromatic carbocycles. The number of aromatic nitrogens is 2. The van der Waals surface area contributed by atoms with Crippen LogP contribution < -0.4 is 5.32 Å². The molecule has 0 spiro atoms. The van der Waals surface area contributed by atoms with Gasteiger partial charge in [-0.3, -0.25) is 10.1 Å². The van der Waals surface area contributed by atoms with Gasteiger partial charge in [0, 0.05) is 24.9 Å². The fourth-order valence-electron chi connectivity index (χ4n) is 1.58. The Kier molecular flexibility index (Phi) is 3.33. The van der Waals surface area contributed by atoms with Gasteiger partial charge in [0.2, 0.25) is 0 Å². The number of benzene rings is 1. The lowest BCUT2D eigenvalue weighted by Crippen LogP contribution is -2.06. The molecular weight excluding hydrogens is 239 g/mol. The molecule has 0 fully saturated rings. The zero-order valence-electron chi connectivity index (χ0n) is 9.63. The van der Waals surface area contributed by atoms with Gasteiger partial charge in [-0.15, -0.1) is 0 Å². The SMILES string of the molecule is CNCc1ccn(-c2cc(F)cc([N+](=O)[O-])c2)n1. The predicted molar refractivity (Wildman–Crippen MR) is 62.9 cm³/mol.